The highest BCUT2D eigenvalue weighted by atomic mass is 127. The van der Waals surface area contributed by atoms with Gasteiger partial charge in [0, 0.05) is 19.5 Å². The van der Waals surface area contributed by atoms with Gasteiger partial charge in [0.25, 0.3) is 0 Å². The van der Waals surface area contributed by atoms with E-state index in [1.54, 1.807) is 13.2 Å². The van der Waals surface area contributed by atoms with Crippen molar-refractivity contribution in [2.24, 2.45) is 0 Å². The van der Waals surface area contributed by atoms with E-state index in [0.717, 1.165) is 24.9 Å². The Kier molecular flexibility index (Phi) is 5.72. The van der Waals surface area contributed by atoms with E-state index in [-0.39, 0.29) is 0 Å². The topological polar surface area (TPSA) is 29.5 Å². The van der Waals surface area contributed by atoms with Crippen LogP contribution < -0.4 is 4.74 Å². The second-order valence-corrected chi connectivity index (χ2v) is 6.86. The van der Waals surface area contributed by atoms with E-state index < -0.39 is 6.10 Å². The molecular weight excluding hydrogens is 454 g/mol. The molecule has 106 valence electrons. The Labute approximate surface area is 145 Å². The minimum Gasteiger partial charge on any atom is -0.496 e. The van der Waals surface area contributed by atoms with Crippen molar-refractivity contribution in [3.63, 3.8) is 0 Å². The van der Waals surface area contributed by atoms with Crippen LogP contribution in [-0.2, 0) is 6.42 Å². The van der Waals surface area contributed by atoms with Crippen molar-refractivity contribution in [3.05, 3.63) is 60.6 Å². The van der Waals surface area contributed by atoms with Crippen LogP contribution in [0.25, 0.3) is 0 Å². The number of aliphatic hydroxyl groups excluding tert-OH is 1. The summed E-state index contributed by atoms with van der Waals surface area (Å²) in [7, 11) is 1.63. The van der Waals surface area contributed by atoms with Crippen LogP contribution in [0.3, 0.4) is 0 Å². The van der Waals surface area contributed by atoms with Gasteiger partial charge in [0.15, 0.2) is 0 Å². The maximum absolute atomic E-state index is 10.5. The Morgan fingerprint density at radius 2 is 2.05 bits per heavy atom. The number of hydrogen-bond donors (Lipinski definition) is 1. The number of hydrogen-bond acceptors (Lipinski definition) is 2. The van der Waals surface area contributed by atoms with Gasteiger partial charge in [-0.2, -0.15) is 0 Å². The van der Waals surface area contributed by atoms with E-state index in [0.29, 0.717) is 11.4 Å². The lowest BCUT2D eigenvalue weighted by Crippen LogP contribution is -2.05. The fraction of sp³-hybridized carbons (Fsp3) is 0.200. The standard InChI is InChI=1S/C15H13BrClIO2/c1-20-15-5-2-10(16)6-9(15)7-14(19)12-8-11(17)3-4-13(12)18/h2-6,8,14,19H,7H2,1H3. The van der Waals surface area contributed by atoms with Crippen molar-refractivity contribution in [3.8, 4) is 5.75 Å². The molecule has 2 nitrogen and oxygen atoms in total. The maximum Gasteiger partial charge on any atom is 0.122 e. The molecule has 0 aromatic heterocycles. The molecule has 0 fully saturated rings. The average Bonchev–Trinajstić information content (AvgIpc) is 2.41. The molecule has 2 aromatic rings. The molecule has 0 radical (unpaired) electrons. The van der Waals surface area contributed by atoms with Crippen molar-refractivity contribution >= 4 is 50.1 Å². The summed E-state index contributed by atoms with van der Waals surface area (Å²) in [6, 6.07) is 11.3. The zero-order chi connectivity index (χ0) is 14.7. The molecule has 20 heavy (non-hydrogen) atoms. The van der Waals surface area contributed by atoms with Gasteiger partial charge >= 0.3 is 0 Å². The lowest BCUT2D eigenvalue weighted by atomic mass is 10.0. The fourth-order valence-corrected chi connectivity index (χ4v) is 3.28. The van der Waals surface area contributed by atoms with E-state index >= 15 is 0 Å². The predicted molar refractivity (Wildman–Crippen MR) is 93.5 cm³/mol. The number of aliphatic hydroxyl groups is 1. The third kappa shape index (κ3) is 3.87. The van der Waals surface area contributed by atoms with Crippen LogP contribution in [0.5, 0.6) is 5.75 Å². The number of benzene rings is 2. The summed E-state index contributed by atoms with van der Waals surface area (Å²) in [6.45, 7) is 0. The van der Waals surface area contributed by atoms with Crippen LogP contribution in [-0.4, -0.2) is 12.2 Å². The van der Waals surface area contributed by atoms with Gasteiger partial charge in [0.2, 0.25) is 0 Å². The van der Waals surface area contributed by atoms with Crippen LogP contribution >= 0.6 is 50.1 Å². The molecule has 1 atom stereocenters. The summed E-state index contributed by atoms with van der Waals surface area (Å²) >= 11 is 11.6. The molecule has 2 rings (SSSR count). The molecular formula is C15H13BrClIO2. The van der Waals surface area contributed by atoms with E-state index in [1.807, 2.05) is 30.3 Å². The van der Waals surface area contributed by atoms with Crippen molar-refractivity contribution in [1.82, 2.24) is 0 Å². The molecule has 0 amide bonds. The van der Waals surface area contributed by atoms with Crippen LogP contribution in [0.2, 0.25) is 5.02 Å². The predicted octanol–water partition coefficient (Wildman–Crippen LogP) is 4.99. The molecule has 0 aliphatic rings. The third-order valence-electron chi connectivity index (χ3n) is 2.97. The zero-order valence-electron chi connectivity index (χ0n) is 10.7. The molecule has 0 saturated heterocycles. The average molecular weight is 468 g/mol. The molecule has 5 heteroatoms. The molecule has 0 bridgehead atoms. The summed E-state index contributed by atoms with van der Waals surface area (Å²) in [6.07, 6.45) is -0.150. The fourth-order valence-electron chi connectivity index (χ4n) is 1.99. The number of methoxy groups -OCH3 is 1. The summed E-state index contributed by atoms with van der Waals surface area (Å²) < 4.78 is 7.28. The summed E-state index contributed by atoms with van der Waals surface area (Å²) in [5, 5.41) is 11.1. The third-order valence-corrected chi connectivity index (χ3v) is 4.68. The quantitative estimate of drug-likeness (QED) is 0.642. The van der Waals surface area contributed by atoms with Crippen molar-refractivity contribution in [1.29, 1.82) is 0 Å². The van der Waals surface area contributed by atoms with Crippen LogP contribution in [0.1, 0.15) is 17.2 Å². The van der Waals surface area contributed by atoms with Gasteiger partial charge in [0.05, 0.1) is 13.2 Å². The van der Waals surface area contributed by atoms with Crippen LogP contribution in [0.15, 0.2) is 40.9 Å². The Morgan fingerprint density at radius 1 is 1.30 bits per heavy atom. The Morgan fingerprint density at radius 3 is 2.75 bits per heavy atom. The smallest absolute Gasteiger partial charge is 0.122 e. The number of halogens is 3. The Hall–Kier alpha value is -0.300. The summed E-state index contributed by atoms with van der Waals surface area (Å²) in [5.41, 5.74) is 1.78. The van der Waals surface area contributed by atoms with Gasteiger partial charge in [0.1, 0.15) is 5.75 Å². The van der Waals surface area contributed by atoms with Gasteiger partial charge in [-0.1, -0.05) is 27.5 Å². The molecule has 0 saturated carbocycles. The highest BCUT2D eigenvalue weighted by Gasteiger charge is 2.15. The van der Waals surface area contributed by atoms with Gasteiger partial charge in [-0.25, -0.2) is 0 Å². The van der Waals surface area contributed by atoms with Gasteiger partial charge in [-0.3, -0.25) is 0 Å². The van der Waals surface area contributed by atoms with Crippen LogP contribution in [0.4, 0.5) is 0 Å². The lowest BCUT2D eigenvalue weighted by Gasteiger charge is -2.16. The normalized spacial score (nSPS) is 12.2. The van der Waals surface area contributed by atoms with E-state index in [9.17, 15) is 5.11 Å². The highest BCUT2D eigenvalue weighted by Crippen LogP contribution is 2.30. The molecule has 0 aliphatic heterocycles. The van der Waals surface area contributed by atoms with Gasteiger partial charge < -0.3 is 9.84 Å². The first-order chi connectivity index (χ1) is 9.51. The summed E-state index contributed by atoms with van der Waals surface area (Å²) in [5.74, 6) is 0.768. The van der Waals surface area contributed by atoms with Crippen LogP contribution in [0, 0.1) is 3.57 Å². The van der Waals surface area contributed by atoms with Crippen molar-refractivity contribution in [2.45, 2.75) is 12.5 Å². The Bertz CT molecular complexity index is 619. The van der Waals surface area contributed by atoms with E-state index in [2.05, 4.69) is 38.5 Å². The number of rotatable bonds is 4. The minimum absolute atomic E-state index is 0.471. The lowest BCUT2D eigenvalue weighted by molar-refractivity contribution is 0.176. The zero-order valence-corrected chi connectivity index (χ0v) is 15.2. The monoisotopic (exact) mass is 466 g/mol. The molecule has 1 N–H and O–H groups in total. The molecule has 0 heterocycles. The van der Waals surface area contributed by atoms with Crippen molar-refractivity contribution < 1.29 is 9.84 Å². The number of ether oxygens (including phenoxy) is 1. The molecule has 2 aromatic carbocycles. The maximum atomic E-state index is 10.5. The second-order valence-electron chi connectivity index (χ2n) is 4.34. The minimum atomic E-state index is -0.621. The molecule has 0 spiro atoms. The molecule has 1 unspecified atom stereocenters. The van der Waals surface area contributed by atoms with Gasteiger partial charge in [-0.15, -0.1) is 0 Å². The van der Waals surface area contributed by atoms with Crippen molar-refractivity contribution in [2.75, 3.05) is 7.11 Å². The molecule has 0 aliphatic carbocycles. The van der Waals surface area contributed by atoms with Gasteiger partial charge in [-0.05, 0) is 70.1 Å². The van der Waals surface area contributed by atoms with E-state index in [4.69, 9.17) is 16.3 Å². The first-order valence-electron chi connectivity index (χ1n) is 5.96. The SMILES string of the molecule is COc1ccc(Br)cc1CC(O)c1cc(Cl)ccc1I. The summed E-state index contributed by atoms with van der Waals surface area (Å²) in [4.78, 5) is 0. The Balaban J connectivity index is 2.29. The first-order valence-corrected chi connectivity index (χ1v) is 8.21. The van der Waals surface area contributed by atoms with E-state index in [1.165, 1.54) is 0 Å². The highest BCUT2D eigenvalue weighted by molar-refractivity contribution is 14.1. The second kappa shape index (κ2) is 7.11. The first kappa shape index (κ1) is 16.1. The largest absolute Gasteiger partial charge is 0.496 e.